The number of halogens is 1. The highest BCUT2D eigenvalue weighted by Crippen LogP contribution is 2.29. The van der Waals surface area contributed by atoms with Gasteiger partial charge in [-0.1, -0.05) is 48.0 Å². The van der Waals surface area contributed by atoms with Gasteiger partial charge in [0, 0.05) is 11.1 Å². The number of aromatic hydroxyl groups is 1. The Labute approximate surface area is 148 Å². The predicted octanol–water partition coefficient (Wildman–Crippen LogP) is 4.41. The summed E-state index contributed by atoms with van der Waals surface area (Å²) < 4.78 is 0. The van der Waals surface area contributed by atoms with E-state index < -0.39 is 0 Å². The molecule has 0 aliphatic carbocycles. The predicted molar refractivity (Wildman–Crippen MR) is 99.3 cm³/mol. The SMILES string of the molecule is O=C1NC(=Nc2cccc(O)c2)S/C1=C\C(Cl)=C\c1ccccc1. The molecular weight excluding hydrogens is 344 g/mol. The van der Waals surface area contributed by atoms with E-state index in [9.17, 15) is 9.90 Å². The minimum absolute atomic E-state index is 0.121. The molecule has 2 aromatic rings. The number of aliphatic imine (C=N–C) groups is 1. The summed E-state index contributed by atoms with van der Waals surface area (Å²) in [6, 6.07) is 16.1. The van der Waals surface area contributed by atoms with Crippen LogP contribution >= 0.6 is 23.4 Å². The zero-order valence-electron chi connectivity index (χ0n) is 12.4. The molecule has 1 aliphatic heterocycles. The molecule has 1 amide bonds. The van der Waals surface area contributed by atoms with E-state index in [2.05, 4.69) is 10.3 Å². The average Bonchev–Trinajstić information content (AvgIpc) is 2.87. The van der Waals surface area contributed by atoms with Gasteiger partial charge in [-0.15, -0.1) is 0 Å². The largest absolute Gasteiger partial charge is 0.508 e. The second-order valence-corrected chi connectivity index (χ2v) is 6.41. The van der Waals surface area contributed by atoms with Crippen molar-refractivity contribution in [2.45, 2.75) is 0 Å². The molecular formula is C18H13ClN2O2S. The Morgan fingerprint density at radius 1 is 1.17 bits per heavy atom. The van der Waals surface area contributed by atoms with E-state index in [0.717, 1.165) is 5.56 Å². The Kier molecular flexibility index (Phi) is 5.03. The van der Waals surface area contributed by atoms with Crippen LogP contribution in [0.2, 0.25) is 0 Å². The fourth-order valence-corrected chi connectivity index (χ4v) is 3.17. The number of rotatable bonds is 3. The van der Waals surface area contributed by atoms with Crippen LogP contribution in [-0.2, 0) is 4.79 Å². The van der Waals surface area contributed by atoms with Crippen molar-refractivity contribution in [2.24, 2.45) is 4.99 Å². The maximum absolute atomic E-state index is 12.0. The molecule has 1 heterocycles. The zero-order valence-corrected chi connectivity index (χ0v) is 14.0. The second kappa shape index (κ2) is 7.38. The lowest BCUT2D eigenvalue weighted by molar-refractivity contribution is -0.115. The van der Waals surface area contributed by atoms with E-state index in [1.165, 1.54) is 17.8 Å². The van der Waals surface area contributed by atoms with Crippen LogP contribution in [0, 0.1) is 0 Å². The van der Waals surface area contributed by atoms with Crippen molar-refractivity contribution in [3.63, 3.8) is 0 Å². The normalized spacial score (nSPS) is 18.2. The third kappa shape index (κ3) is 4.28. The number of carbonyl (C=O) groups is 1. The summed E-state index contributed by atoms with van der Waals surface area (Å²) in [7, 11) is 0. The first kappa shape index (κ1) is 16.4. The highest BCUT2D eigenvalue weighted by molar-refractivity contribution is 8.18. The summed E-state index contributed by atoms with van der Waals surface area (Å²) in [5.74, 6) is -0.130. The number of nitrogens with one attached hydrogen (secondary N) is 1. The van der Waals surface area contributed by atoms with E-state index in [4.69, 9.17) is 11.6 Å². The molecule has 0 unspecified atom stereocenters. The third-order valence-corrected chi connectivity index (χ3v) is 4.21. The van der Waals surface area contributed by atoms with Crippen molar-refractivity contribution < 1.29 is 9.90 Å². The molecule has 2 aromatic carbocycles. The van der Waals surface area contributed by atoms with Crippen LogP contribution in [0.1, 0.15) is 5.56 Å². The van der Waals surface area contributed by atoms with Crippen molar-refractivity contribution in [1.82, 2.24) is 5.32 Å². The summed E-state index contributed by atoms with van der Waals surface area (Å²) >= 11 is 7.41. The third-order valence-electron chi connectivity index (χ3n) is 3.08. The number of amidine groups is 1. The minimum Gasteiger partial charge on any atom is -0.508 e. The highest BCUT2D eigenvalue weighted by Gasteiger charge is 2.23. The molecule has 0 saturated carbocycles. The molecule has 1 saturated heterocycles. The van der Waals surface area contributed by atoms with Crippen LogP contribution in [0.3, 0.4) is 0 Å². The number of hydrogen-bond acceptors (Lipinski definition) is 4. The maximum atomic E-state index is 12.0. The minimum atomic E-state index is -0.251. The molecule has 24 heavy (non-hydrogen) atoms. The molecule has 120 valence electrons. The molecule has 4 nitrogen and oxygen atoms in total. The summed E-state index contributed by atoms with van der Waals surface area (Å²) in [5.41, 5.74) is 1.52. The summed E-state index contributed by atoms with van der Waals surface area (Å²) in [5, 5.41) is 13.0. The summed E-state index contributed by atoms with van der Waals surface area (Å²) in [6.45, 7) is 0. The fraction of sp³-hybridized carbons (Fsp3) is 0. The lowest BCUT2D eigenvalue weighted by Crippen LogP contribution is -2.19. The van der Waals surface area contributed by atoms with Crippen LogP contribution < -0.4 is 5.32 Å². The van der Waals surface area contributed by atoms with E-state index in [0.29, 0.717) is 20.8 Å². The van der Waals surface area contributed by atoms with Gasteiger partial charge in [-0.25, -0.2) is 4.99 Å². The first-order chi connectivity index (χ1) is 11.6. The van der Waals surface area contributed by atoms with Crippen LogP contribution in [0.5, 0.6) is 5.75 Å². The van der Waals surface area contributed by atoms with Crippen molar-refractivity contribution in [1.29, 1.82) is 0 Å². The molecule has 2 N–H and O–H groups in total. The van der Waals surface area contributed by atoms with Gasteiger partial charge in [0.05, 0.1) is 10.6 Å². The van der Waals surface area contributed by atoms with Crippen molar-refractivity contribution in [2.75, 3.05) is 0 Å². The number of hydrogen-bond donors (Lipinski definition) is 2. The standard InChI is InChI=1S/C18H13ClN2O2S/c19-13(9-12-5-2-1-3-6-12)10-16-17(23)21-18(24-16)20-14-7-4-8-15(22)11-14/h1-11,22H,(H,20,21,23)/b13-9-,16-10-. The van der Waals surface area contributed by atoms with E-state index in [-0.39, 0.29) is 11.7 Å². The number of benzene rings is 2. The van der Waals surface area contributed by atoms with Gasteiger partial charge in [0.25, 0.3) is 5.91 Å². The number of phenols is 1. The second-order valence-electron chi connectivity index (χ2n) is 4.94. The van der Waals surface area contributed by atoms with Gasteiger partial charge < -0.3 is 10.4 Å². The Hall–Kier alpha value is -2.50. The topological polar surface area (TPSA) is 61.7 Å². The Morgan fingerprint density at radius 3 is 2.71 bits per heavy atom. The van der Waals surface area contributed by atoms with E-state index in [1.807, 2.05) is 30.3 Å². The molecule has 1 aliphatic rings. The summed E-state index contributed by atoms with van der Waals surface area (Å²) in [6.07, 6.45) is 3.40. The Balaban J connectivity index is 1.78. The lowest BCUT2D eigenvalue weighted by atomic mass is 10.2. The van der Waals surface area contributed by atoms with Crippen molar-refractivity contribution in [3.05, 3.63) is 76.2 Å². The smallest absolute Gasteiger partial charge is 0.264 e. The van der Waals surface area contributed by atoms with Crippen LogP contribution in [0.25, 0.3) is 6.08 Å². The van der Waals surface area contributed by atoms with Gasteiger partial charge in [-0.3, -0.25) is 4.79 Å². The number of allylic oxidation sites excluding steroid dienone is 2. The zero-order chi connectivity index (χ0) is 16.9. The number of amides is 1. The summed E-state index contributed by atoms with van der Waals surface area (Å²) in [4.78, 5) is 16.8. The molecule has 0 bridgehead atoms. The molecule has 0 atom stereocenters. The Morgan fingerprint density at radius 2 is 1.96 bits per heavy atom. The van der Waals surface area contributed by atoms with Gasteiger partial charge in [-0.05, 0) is 41.6 Å². The van der Waals surface area contributed by atoms with Gasteiger partial charge >= 0.3 is 0 Å². The first-order valence-electron chi connectivity index (χ1n) is 7.11. The van der Waals surface area contributed by atoms with Crippen LogP contribution in [-0.4, -0.2) is 16.2 Å². The first-order valence-corrected chi connectivity index (χ1v) is 8.30. The quantitative estimate of drug-likeness (QED) is 0.801. The van der Waals surface area contributed by atoms with Crippen LogP contribution in [0.15, 0.2) is 75.6 Å². The van der Waals surface area contributed by atoms with Gasteiger partial charge in [-0.2, -0.15) is 0 Å². The van der Waals surface area contributed by atoms with Crippen molar-refractivity contribution >= 4 is 46.2 Å². The monoisotopic (exact) mass is 356 g/mol. The maximum Gasteiger partial charge on any atom is 0.264 e. The van der Waals surface area contributed by atoms with Crippen LogP contribution in [0.4, 0.5) is 5.69 Å². The molecule has 0 aromatic heterocycles. The molecule has 6 heteroatoms. The molecule has 3 rings (SSSR count). The average molecular weight is 357 g/mol. The van der Waals surface area contributed by atoms with Gasteiger partial charge in [0.15, 0.2) is 5.17 Å². The fourth-order valence-electron chi connectivity index (χ4n) is 2.04. The van der Waals surface area contributed by atoms with Crippen molar-refractivity contribution in [3.8, 4) is 5.75 Å². The van der Waals surface area contributed by atoms with Gasteiger partial charge in [0.2, 0.25) is 0 Å². The molecule has 0 radical (unpaired) electrons. The number of thioether (sulfide) groups is 1. The number of nitrogens with zero attached hydrogens (tertiary/aromatic N) is 1. The molecule has 1 fully saturated rings. The lowest BCUT2D eigenvalue weighted by Gasteiger charge is -1.97. The van der Waals surface area contributed by atoms with E-state index in [1.54, 1.807) is 30.4 Å². The number of carbonyl (C=O) groups excluding carboxylic acids is 1. The Bertz CT molecular complexity index is 860. The van der Waals surface area contributed by atoms with Gasteiger partial charge in [0.1, 0.15) is 5.75 Å². The highest BCUT2D eigenvalue weighted by atomic mass is 35.5. The van der Waals surface area contributed by atoms with E-state index >= 15 is 0 Å². The molecule has 0 spiro atoms. The number of phenolic OH excluding ortho intramolecular Hbond substituents is 1.